The quantitative estimate of drug-likeness (QED) is 0.769. The topological polar surface area (TPSA) is 96.3 Å². The number of fused-ring (bicyclic) bond motifs is 1. The summed E-state index contributed by atoms with van der Waals surface area (Å²) >= 11 is 0. The number of carbonyl (C=O) groups excluding carboxylic acids is 2. The molecule has 0 aromatic carbocycles. The molecule has 7 rings (SSSR count). The second-order valence-corrected chi connectivity index (χ2v) is 10.4. The number of rotatable bonds is 4. The lowest BCUT2D eigenvalue weighted by Gasteiger charge is -2.62. The Bertz CT molecular complexity index is 1130. The molecule has 2 atom stereocenters. The van der Waals surface area contributed by atoms with Crippen molar-refractivity contribution in [1.29, 1.82) is 0 Å². The summed E-state index contributed by atoms with van der Waals surface area (Å²) in [6.45, 7) is 1.84. The van der Waals surface area contributed by atoms with Gasteiger partial charge in [-0.3, -0.25) is 19.6 Å². The molecule has 2 N–H and O–H groups in total. The molecule has 4 fully saturated rings. The molecule has 5 aliphatic carbocycles. The van der Waals surface area contributed by atoms with Gasteiger partial charge in [-0.1, -0.05) is 6.08 Å². The zero-order chi connectivity index (χ0) is 21.9. The minimum atomic E-state index is -0.282. The highest BCUT2D eigenvalue weighted by Gasteiger charge is 2.59. The summed E-state index contributed by atoms with van der Waals surface area (Å²) in [5.41, 5.74) is 3.40. The van der Waals surface area contributed by atoms with Gasteiger partial charge in [-0.25, -0.2) is 4.98 Å². The molecule has 2 amide bonds. The van der Waals surface area contributed by atoms with Gasteiger partial charge in [0, 0.05) is 35.5 Å². The Labute approximate surface area is 187 Å². The van der Waals surface area contributed by atoms with E-state index >= 15 is 0 Å². The van der Waals surface area contributed by atoms with Gasteiger partial charge >= 0.3 is 0 Å². The summed E-state index contributed by atoms with van der Waals surface area (Å²) in [5, 5.41) is 6.77. The fraction of sp³-hybridized carbons (Fsp3) is 0.480. The molecular formula is C25H27N5O2. The standard InChI is InChI=1S/C25H27N5O2/c1-15-12-26-13-21(28-15)23(32)30-25-10-16-6-17(11-25)9-24(8-16,14-25)29-22(31)19-2-3-20-18(7-19)4-5-27-20/h2-5,12-13,16-17H,6-11,14H2,1H3,(H,29,31)(H,30,32). The fourth-order valence-corrected chi connectivity index (χ4v) is 7.03. The maximum atomic E-state index is 13.3. The predicted molar refractivity (Wildman–Crippen MR) is 120 cm³/mol. The van der Waals surface area contributed by atoms with Gasteiger partial charge in [0.05, 0.1) is 17.6 Å². The summed E-state index contributed by atoms with van der Waals surface area (Å²) in [4.78, 5) is 39.1. The first kappa shape index (κ1) is 19.6. The third-order valence-electron chi connectivity index (χ3n) is 7.74. The number of hydrogen-bond acceptors (Lipinski definition) is 5. The normalized spacial score (nSPS) is 33.8. The molecular weight excluding hydrogens is 402 g/mol. The van der Waals surface area contributed by atoms with E-state index in [1.807, 2.05) is 25.2 Å². The molecule has 0 saturated heterocycles. The number of carbonyl (C=O) groups is 2. The van der Waals surface area contributed by atoms with Crippen LogP contribution < -0.4 is 10.6 Å². The van der Waals surface area contributed by atoms with Crippen molar-refractivity contribution < 1.29 is 9.59 Å². The average molecular weight is 430 g/mol. The van der Waals surface area contributed by atoms with E-state index in [4.69, 9.17) is 0 Å². The third-order valence-corrected chi connectivity index (χ3v) is 7.74. The Morgan fingerprint density at radius 1 is 0.969 bits per heavy atom. The number of aryl methyl sites for hydroxylation is 1. The molecule has 4 saturated carbocycles. The van der Waals surface area contributed by atoms with Crippen LogP contribution in [0.2, 0.25) is 0 Å². The zero-order valence-electron chi connectivity index (χ0n) is 18.2. The fourth-order valence-electron chi connectivity index (χ4n) is 7.03. The molecule has 0 radical (unpaired) electrons. The Morgan fingerprint density at radius 3 is 2.41 bits per heavy atom. The minimum Gasteiger partial charge on any atom is -0.347 e. The van der Waals surface area contributed by atoms with E-state index in [2.05, 4.69) is 25.6 Å². The first-order valence-corrected chi connectivity index (χ1v) is 11.5. The van der Waals surface area contributed by atoms with Crippen molar-refractivity contribution in [3.63, 3.8) is 0 Å². The van der Waals surface area contributed by atoms with E-state index in [9.17, 15) is 9.59 Å². The molecule has 2 heterocycles. The van der Waals surface area contributed by atoms with Crippen LogP contribution in [-0.4, -0.2) is 39.1 Å². The van der Waals surface area contributed by atoms with E-state index < -0.39 is 0 Å². The number of amides is 2. The minimum absolute atomic E-state index is 0.0149. The van der Waals surface area contributed by atoms with Gasteiger partial charge in [0.15, 0.2) is 0 Å². The lowest BCUT2D eigenvalue weighted by molar-refractivity contribution is -0.124. The van der Waals surface area contributed by atoms with Gasteiger partial charge in [0.1, 0.15) is 5.69 Å². The van der Waals surface area contributed by atoms with Gasteiger partial charge in [-0.05, 0) is 75.0 Å². The van der Waals surface area contributed by atoms with Crippen molar-refractivity contribution >= 4 is 18.0 Å². The maximum absolute atomic E-state index is 13.3. The van der Waals surface area contributed by atoms with Gasteiger partial charge in [-0.15, -0.1) is 0 Å². The molecule has 4 bridgehead atoms. The van der Waals surface area contributed by atoms with Crippen LogP contribution >= 0.6 is 0 Å². The molecule has 1 aromatic heterocycles. The molecule has 7 heteroatoms. The van der Waals surface area contributed by atoms with Crippen molar-refractivity contribution in [1.82, 2.24) is 20.6 Å². The average Bonchev–Trinajstić information content (AvgIpc) is 3.20. The van der Waals surface area contributed by atoms with Crippen molar-refractivity contribution in [2.75, 3.05) is 0 Å². The van der Waals surface area contributed by atoms with Crippen molar-refractivity contribution in [3.8, 4) is 0 Å². The Balaban J connectivity index is 1.22. The summed E-state index contributed by atoms with van der Waals surface area (Å²) in [5.74, 6) is 0.906. The van der Waals surface area contributed by atoms with E-state index in [1.54, 1.807) is 12.4 Å². The summed E-state index contributed by atoms with van der Waals surface area (Å²) in [7, 11) is 0. The van der Waals surface area contributed by atoms with Crippen LogP contribution in [0.25, 0.3) is 0 Å². The van der Waals surface area contributed by atoms with Crippen LogP contribution in [-0.2, 0) is 4.79 Å². The lowest BCUT2D eigenvalue weighted by atomic mass is 9.49. The van der Waals surface area contributed by atoms with E-state index in [0.717, 1.165) is 54.6 Å². The Hall–Kier alpha value is -3.09. The second kappa shape index (κ2) is 6.95. The molecule has 6 aliphatic rings. The van der Waals surface area contributed by atoms with Crippen molar-refractivity contribution in [2.24, 2.45) is 16.8 Å². The predicted octanol–water partition coefficient (Wildman–Crippen LogP) is 2.95. The highest BCUT2D eigenvalue weighted by molar-refractivity contribution is 5.96. The van der Waals surface area contributed by atoms with Crippen molar-refractivity contribution in [2.45, 2.75) is 62.9 Å². The molecule has 1 aromatic rings. The number of allylic oxidation sites excluding steroid dienone is 4. The van der Waals surface area contributed by atoms with Gasteiger partial charge < -0.3 is 10.6 Å². The van der Waals surface area contributed by atoms with Gasteiger partial charge in [0.2, 0.25) is 5.91 Å². The largest absolute Gasteiger partial charge is 0.347 e. The summed E-state index contributed by atoms with van der Waals surface area (Å²) < 4.78 is 0. The first-order chi connectivity index (χ1) is 15.4. The molecule has 1 aliphatic heterocycles. The molecule has 164 valence electrons. The van der Waals surface area contributed by atoms with Crippen LogP contribution in [0.1, 0.15) is 61.1 Å². The van der Waals surface area contributed by atoms with Crippen LogP contribution in [0.3, 0.4) is 0 Å². The molecule has 7 nitrogen and oxygen atoms in total. The number of aromatic nitrogens is 2. The van der Waals surface area contributed by atoms with Crippen LogP contribution in [0.15, 0.2) is 52.5 Å². The van der Waals surface area contributed by atoms with E-state index in [-0.39, 0.29) is 22.9 Å². The van der Waals surface area contributed by atoms with E-state index in [1.165, 1.54) is 12.6 Å². The number of hydrogen-bond donors (Lipinski definition) is 2. The monoisotopic (exact) mass is 429 g/mol. The SMILES string of the molecule is Cc1cncc(C(=O)NC23CC4CC(CC(NC(=O)C5=CC=C6N=CC=C6C5)(C4)C2)C3)n1. The second-order valence-electron chi connectivity index (χ2n) is 10.4. The Kier molecular flexibility index (Phi) is 4.26. The van der Waals surface area contributed by atoms with Crippen LogP contribution in [0, 0.1) is 18.8 Å². The zero-order valence-corrected chi connectivity index (χ0v) is 18.2. The number of nitrogens with one attached hydrogen (secondary N) is 2. The third kappa shape index (κ3) is 3.31. The Morgan fingerprint density at radius 2 is 1.69 bits per heavy atom. The molecule has 0 spiro atoms. The first-order valence-electron chi connectivity index (χ1n) is 11.5. The van der Waals surface area contributed by atoms with Crippen LogP contribution in [0.5, 0.6) is 0 Å². The smallest absolute Gasteiger partial charge is 0.271 e. The van der Waals surface area contributed by atoms with Crippen LogP contribution in [0.4, 0.5) is 0 Å². The maximum Gasteiger partial charge on any atom is 0.271 e. The summed E-state index contributed by atoms with van der Waals surface area (Å²) in [6, 6.07) is 0. The summed E-state index contributed by atoms with van der Waals surface area (Å²) in [6.07, 6.45) is 17.3. The van der Waals surface area contributed by atoms with E-state index in [0.29, 0.717) is 24.0 Å². The van der Waals surface area contributed by atoms with Crippen molar-refractivity contribution in [3.05, 3.63) is 58.9 Å². The number of nitrogens with zero attached hydrogens (tertiary/aromatic N) is 3. The highest BCUT2D eigenvalue weighted by atomic mass is 16.2. The number of aliphatic imine (C=N–C) groups is 1. The molecule has 2 unspecified atom stereocenters. The van der Waals surface area contributed by atoms with Gasteiger partial charge in [-0.2, -0.15) is 0 Å². The van der Waals surface area contributed by atoms with Gasteiger partial charge in [0.25, 0.3) is 5.91 Å². The highest BCUT2D eigenvalue weighted by Crippen LogP contribution is 2.57. The lowest BCUT2D eigenvalue weighted by Crippen LogP contribution is -2.70. The molecule has 32 heavy (non-hydrogen) atoms.